The molecule has 0 radical (unpaired) electrons. The third-order valence-electron chi connectivity index (χ3n) is 3.65. The molecule has 0 spiro atoms. The van der Waals surface area contributed by atoms with Crippen molar-refractivity contribution in [3.63, 3.8) is 0 Å². The lowest BCUT2D eigenvalue weighted by molar-refractivity contribution is 0.105. The Morgan fingerprint density at radius 1 is 1.53 bits per heavy atom. The van der Waals surface area contributed by atoms with Crippen molar-refractivity contribution in [3.05, 3.63) is 22.7 Å². The van der Waals surface area contributed by atoms with Crippen molar-refractivity contribution in [2.24, 2.45) is 0 Å². The molecule has 1 fully saturated rings. The standard InChI is InChI=1S/C13H19ClN2O/c1-8-6-11(15)10(14)7-12(8)16-13(3)4-5-17-9(13)2/h6-7,9,16H,4-5,15H2,1-3H3. The van der Waals surface area contributed by atoms with Crippen molar-refractivity contribution >= 4 is 23.0 Å². The van der Waals surface area contributed by atoms with Gasteiger partial charge >= 0.3 is 0 Å². The van der Waals surface area contributed by atoms with Crippen molar-refractivity contribution in [3.8, 4) is 0 Å². The first-order valence-electron chi connectivity index (χ1n) is 5.88. The lowest BCUT2D eigenvalue weighted by atomic mass is 9.94. The van der Waals surface area contributed by atoms with E-state index in [2.05, 4.69) is 19.2 Å². The van der Waals surface area contributed by atoms with Crippen LogP contribution < -0.4 is 11.1 Å². The van der Waals surface area contributed by atoms with Crippen molar-refractivity contribution in [2.75, 3.05) is 17.7 Å². The van der Waals surface area contributed by atoms with Gasteiger partial charge in [0.1, 0.15) is 0 Å². The maximum Gasteiger partial charge on any atom is 0.0774 e. The van der Waals surface area contributed by atoms with Gasteiger partial charge in [-0.25, -0.2) is 0 Å². The summed E-state index contributed by atoms with van der Waals surface area (Å²) in [6.07, 6.45) is 1.19. The lowest BCUT2D eigenvalue weighted by Gasteiger charge is -2.31. The minimum Gasteiger partial charge on any atom is -0.398 e. The first kappa shape index (κ1) is 12.5. The summed E-state index contributed by atoms with van der Waals surface area (Å²) in [5.41, 5.74) is 8.49. The molecule has 0 aromatic heterocycles. The smallest absolute Gasteiger partial charge is 0.0774 e. The first-order chi connectivity index (χ1) is 7.92. The van der Waals surface area contributed by atoms with E-state index in [1.54, 1.807) is 0 Å². The molecule has 1 aromatic carbocycles. The Bertz CT molecular complexity index is 436. The molecule has 2 rings (SSSR count). The summed E-state index contributed by atoms with van der Waals surface area (Å²) < 4.78 is 5.61. The van der Waals surface area contributed by atoms with Crippen molar-refractivity contribution in [1.29, 1.82) is 0 Å². The third-order valence-corrected chi connectivity index (χ3v) is 3.98. The zero-order valence-electron chi connectivity index (χ0n) is 10.5. The Kier molecular flexibility index (Phi) is 3.23. The molecule has 1 saturated heterocycles. The maximum absolute atomic E-state index is 6.06. The largest absolute Gasteiger partial charge is 0.398 e. The van der Waals surface area contributed by atoms with Gasteiger partial charge in [0.05, 0.1) is 22.4 Å². The van der Waals surface area contributed by atoms with Crippen LogP contribution >= 0.6 is 11.6 Å². The zero-order chi connectivity index (χ0) is 12.6. The highest BCUT2D eigenvalue weighted by molar-refractivity contribution is 6.33. The van der Waals surface area contributed by atoms with Crippen LogP contribution in [0.5, 0.6) is 0 Å². The third kappa shape index (κ3) is 2.35. The normalized spacial score (nSPS) is 28.4. The van der Waals surface area contributed by atoms with Crippen molar-refractivity contribution < 1.29 is 4.74 Å². The van der Waals surface area contributed by atoms with Gasteiger partial charge in [0.15, 0.2) is 0 Å². The van der Waals surface area contributed by atoms with Gasteiger partial charge in [-0.2, -0.15) is 0 Å². The van der Waals surface area contributed by atoms with Gasteiger partial charge in [0.2, 0.25) is 0 Å². The second-order valence-corrected chi connectivity index (χ2v) is 5.40. The quantitative estimate of drug-likeness (QED) is 0.797. The summed E-state index contributed by atoms with van der Waals surface area (Å²) in [7, 11) is 0. The van der Waals surface area contributed by atoms with Crippen LogP contribution in [-0.2, 0) is 4.74 Å². The monoisotopic (exact) mass is 254 g/mol. The number of aryl methyl sites for hydroxylation is 1. The number of anilines is 2. The van der Waals surface area contributed by atoms with Gasteiger partial charge in [-0.05, 0) is 44.9 Å². The molecule has 4 heteroatoms. The van der Waals surface area contributed by atoms with Gasteiger partial charge in [0, 0.05) is 12.3 Å². The molecule has 2 unspecified atom stereocenters. The van der Waals surface area contributed by atoms with Gasteiger partial charge < -0.3 is 15.8 Å². The van der Waals surface area contributed by atoms with Gasteiger partial charge in [-0.3, -0.25) is 0 Å². The molecular formula is C13H19ClN2O. The fourth-order valence-corrected chi connectivity index (χ4v) is 2.31. The highest BCUT2D eigenvalue weighted by Crippen LogP contribution is 2.33. The number of nitrogen functional groups attached to an aromatic ring is 1. The highest BCUT2D eigenvalue weighted by atomic mass is 35.5. The lowest BCUT2D eigenvalue weighted by Crippen LogP contribution is -2.41. The number of nitrogens with one attached hydrogen (secondary N) is 1. The summed E-state index contributed by atoms with van der Waals surface area (Å²) in [6, 6.07) is 3.79. The van der Waals surface area contributed by atoms with E-state index in [4.69, 9.17) is 22.1 Å². The van der Waals surface area contributed by atoms with Gasteiger partial charge in [0.25, 0.3) is 0 Å². The average Bonchev–Trinajstić information content (AvgIpc) is 2.56. The number of benzene rings is 1. The summed E-state index contributed by atoms with van der Waals surface area (Å²) >= 11 is 6.06. The molecule has 1 heterocycles. The van der Waals surface area contributed by atoms with Crippen LogP contribution in [0.15, 0.2) is 12.1 Å². The molecule has 1 aliphatic rings. The van der Waals surface area contributed by atoms with Crippen LogP contribution in [0.3, 0.4) is 0 Å². The molecule has 0 bridgehead atoms. The summed E-state index contributed by atoms with van der Waals surface area (Å²) in [4.78, 5) is 0. The van der Waals surface area contributed by atoms with E-state index in [9.17, 15) is 0 Å². The fourth-order valence-electron chi connectivity index (χ4n) is 2.15. The van der Waals surface area contributed by atoms with Crippen LogP contribution in [0.25, 0.3) is 0 Å². The maximum atomic E-state index is 6.06. The summed E-state index contributed by atoms with van der Waals surface area (Å²) in [5.74, 6) is 0. The van der Waals surface area contributed by atoms with Crippen LogP contribution in [0.1, 0.15) is 25.8 Å². The molecule has 3 N–H and O–H groups in total. The Morgan fingerprint density at radius 2 is 2.24 bits per heavy atom. The van der Waals surface area contributed by atoms with E-state index in [1.807, 2.05) is 19.1 Å². The predicted molar refractivity (Wildman–Crippen MR) is 72.7 cm³/mol. The Balaban J connectivity index is 2.27. The van der Waals surface area contributed by atoms with Crippen LogP contribution in [0.2, 0.25) is 5.02 Å². The van der Waals surface area contributed by atoms with E-state index in [0.717, 1.165) is 24.3 Å². The van der Waals surface area contributed by atoms with E-state index >= 15 is 0 Å². The van der Waals surface area contributed by atoms with E-state index in [0.29, 0.717) is 10.7 Å². The molecule has 1 aliphatic heterocycles. The molecule has 1 aromatic rings. The molecule has 0 aliphatic carbocycles. The average molecular weight is 255 g/mol. The predicted octanol–water partition coefficient (Wildman–Crippen LogP) is 3.21. The number of hydrogen-bond acceptors (Lipinski definition) is 3. The topological polar surface area (TPSA) is 47.3 Å². The van der Waals surface area contributed by atoms with Crippen molar-refractivity contribution in [1.82, 2.24) is 0 Å². The minimum absolute atomic E-state index is 0.0375. The SMILES string of the molecule is Cc1cc(N)c(Cl)cc1NC1(C)CCOC1C. The molecule has 0 amide bonds. The van der Waals surface area contributed by atoms with Crippen molar-refractivity contribution in [2.45, 2.75) is 38.8 Å². The summed E-state index contributed by atoms with van der Waals surface area (Å²) in [6.45, 7) is 7.09. The minimum atomic E-state index is -0.0375. The molecule has 3 nitrogen and oxygen atoms in total. The highest BCUT2D eigenvalue weighted by Gasteiger charge is 2.37. The van der Waals surface area contributed by atoms with Gasteiger partial charge in [-0.15, -0.1) is 0 Å². The number of hydrogen-bond donors (Lipinski definition) is 2. The molecule has 2 atom stereocenters. The second-order valence-electron chi connectivity index (χ2n) is 4.99. The molecule has 17 heavy (non-hydrogen) atoms. The molecule has 94 valence electrons. The summed E-state index contributed by atoms with van der Waals surface area (Å²) in [5, 5.41) is 4.13. The van der Waals surface area contributed by atoms with Crippen LogP contribution in [0, 0.1) is 6.92 Å². The van der Waals surface area contributed by atoms with E-state index < -0.39 is 0 Å². The second kappa shape index (κ2) is 4.39. The first-order valence-corrected chi connectivity index (χ1v) is 6.25. The molecule has 0 saturated carbocycles. The van der Waals surface area contributed by atoms with Crippen LogP contribution in [-0.4, -0.2) is 18.2 Å². The number of halogens is 1. The Morgan fingerprint density at radius 3 is 2.82 bits per heavy atom. The number of rotatable bonds is 2. The van der Waals surface area contributed by atoms with Gasteiger partial charge in [-0.1, -0.05) is 11.6 Å². The fraction of sp³-hybridized carbons (Fsp3) is 0.538. The Hall–Kier alpha value is -0.930. The van der Waals surface area contributed by atoms with E-state index in [-0.39, 0.29) is 11.6 Å². The number of ether oxygens (including phenoxy) is 1. The molecular weight excluding hydrogens is 236 g/mol. The zero-order valence-corrected chi connectivity index (χ0v) is 11.3. The van der Waals surface area contributed by atoms with E-state index in [1.165, 1.54) is 0 Å². The van der Waals surface area contributed by atoms with Crippen LogP contribution in [0.4, 0.5) is 11.4 Å². The number of nitrogens with two attached hydrogens (primary N) is 1. The Labute approximate surface area is 107 Å².